The van der Waals surface area contributed by atoms with E-state index in [0.29, 0.717) is 10.0 Å². The van der Waals surface area contributed by atoms with Crippen LogP contribution >= 0.6 is 27.7 Å². The van der Waals surface area contributed by atoms with E-state index in [2.05, 4.69) is 15.9 Å². The summed E-state index contributed by atoms with van der Waals surface area (Å²) >= 11 is 4.99. The van der Waals surface area contributed by atoms with Crippen LogP contribution in [0.1, 0.15) is 29.6 Å². The van der Waals surface area contributed by atoms with Crippen LogP contribution in [-0.2, 0) is 0 Å². The number of ketones is 1. The highest BCUT2D eigenvalue weighted by molar-refractivity contribution is 9.10. The lowest BCUT2D eigenvalue weighted by Crippen LogP contribution is -2.21. The van der Waals surface area contributed by atoms with Crippen LogP contribution in [0.3, 0.4) is 0 Å². The normalized spacial score (nSPS) is 20.8. The van der Waals surface area contributed by atoms with Crippen molar-refractivity contribution in [3.8, 4) is 0 Å². The molecule has 1 unspecified atom stereocenters. The number of benzene rings is 1. The molecule has 0 aromatic heterocycles. The second-order valence-corrected chi connectivity index (χ2v) is 6.01. The number of rotatable bonds is 2. The minimum absolute atomic E-state index is 0.00634. The van der Waals surface area contributed by atoms with E-state index in [1.54, 1.807) is 17.8 Å². The van der Waals surface area contributed by atoms with Gasteiger partial charge in [-0.3, -0.25) is 4.79 Å². The van der Waals surface area contributed by atoms with Crippen molar-refractivity contribution in [3.05, 3.63) is 34.1 Å². The van der Waals surface area contributed by atoms with Gasteiger partial charge in [0.1, 0.15) is 5.82 Å². The molecule has 1 aliphatic heterocycles. The van der Waals surface area contributed by atoms with Crippen molar-refractivity contribution in [2.24, 2.45) is 0 Å². The highest BCUT2D eigenvalue weighted by Gasteiger charge is 2.24. The number of thioether (sulfide) groups is 1. The van der Waals surface area contributed by atoms with Crippen LogP contribution in [0.15, 0.2) is 22.7 Å². The zero-order valence-corrected chi connectivity index (χ0v) is 11.1. The number of Topliss-reactive ketones (excluding diaryl/α,β-unsaturated/α-hetero) is 1. The molecule has 4 heteroatoms. The number of halogens is 2. The molecule has 0 radical (unpaired) electrons. The maximum Gasteiger partial charge on any atom is 0.177 e. The molecule has 1 aromatic rings. The van der Waals surface area contributed by atoms with Crippen molar-refractivity contribution in [2.45, 2.75) is 24.5 Å². The predicted molar refractivity (Wildman–Crippen MR) is 68.5 cm³/mol. The molecule has 1 aromatic carbocycles. The van der Waals surface area contributed by atoms with Gasteiger partial charge in [-0.05, 0) is 36.8 Å². The van der Waals surface area contributed by atoms with Gasteiger partial charge >= 0.3 is 0 Å². The molecule has 0 N–H and O–H groups in total. The average molecular weight is 303 g/mol. The molecule has 86 valence electrons. The van der Waals surface area contributed by atoms with Crippen molar-refractivity contribution in [1.29, 1.82) is 0 Å². The lowest BCUT2D eigenvalue weighted by Gasteiger charge is -2.20. The van der Waals surface area contributed by atoms with Gasteiger partial charge in [0, 0.05) is 10.0 Å². The van der Waals surface area contributed by atoms with Gasteiger partial charge in [-0.15, -0.1) is 0 Å². The van der Waals surface area contributed by atoms with Gasteiger partial charge in [-0.2, -0.15) is 11.8 Å². The lowest BCUT2D eigenvalue weighted by molar-refractivity contribution is 0.0983. The standard InChI is InChI=1S/C12H12BrFOS/c13-10-5-4-8(14)7-9(10)12(15)11-3-1-2-6-16-11/h4-5,7,11H,1-3,6H2. The van der Waals surface area contributed by atoms with E-state index in [0.717, 1.165) is 18.6 Å². The molecule has 0 spiro atoms. The topological polar surface area (TPSA) is 17.1 Å². The molecule has 0 saturated carbocycles. The minimum Gasteiger partial charge on any atom is -0.293 e. The number of carbonyl (C=O) groups is 1. The van der Waals surface area contributed by atoms with Crippen LogP contribution < -0.4 is 0 Å². The number of hydrogen-bond donors (Lipinski definition) is 0. The second kappa shape index (κ2) is 5.32. The van der Waals surface area contributed by atoms with Gasteiger partial charge in [0.2, 0.25) is 0 Å². The molecular formula is C12H12BrFOS. The molecule has 1 aliphatic rings. The molecule has 1 heterocycles. The maximum absolute atomic E-state index is 13.1. The Balaban J connectivity index is 2.22. The van der Waals surface area contributed by atoms with Gasteiger partial charge in [-0.1, -0.05) is 22.4 Å². The third-order valence-electron chi connectivity index (χ3n) is 2.67. The van der Waals surface area contributed by atoms with E-state index in [-0.39, 0.29) is 16.9 Å². The van der Waals surface area contributed by atoms with Crippen LogP contribution in [0.2, 0.25) is 0 Å². The summed E-state index contributed by atoms with van der Waals surface area (Å²) in [5.74, 6) is 0.729. The van der Waals surface area contributed by atoms with Crippen molar-refractivity contribution < 1.29 is 9.18 Å². The first-order valence-electron chi connectivity index (χ1n) is 5.29. The molecule has 0 amide bonds. The van der Waals surface area contributed by atoms with Crippen molar-refractivity contribution in [3.63, 3.8) is 0 Å². The Kier molecular flexibility index (Phi) is 4.03. The van der Waals surface area contributed by atoms with E-state index >= 15 is 0 Å². The highest BCUT2D eigenvalue weighted by atomic mass is 79.9. The summed E-state index contributed by atoms with van der Waals surface area (Å²) in [7, 11) is 0. The van der Waals surface area contributed by atoms with E-state index in [4.69, 9.17) is 0 Å². The Morgan fingerprint density at radius 1 is 1.44 bits per heavy atom. The van der Waals surface area contributed by atoms with Gasteiger partial charge < -0.3 is 0 Å². The molecule has 1 nitrogen and oxygen atoms in total. The molecular weight excluding hydrogens is 291 g/mol. The molecule has 1 atom stereocenters. The first-order valence-corrected chi connectivity index (χ1v) is 7.13. The monoisotopic (exact) mass is 302 g/mol. The van der Waals surface area contributed by atoms with Crippen LogP contribution in [-0.4, -0.2) is 16.8 Å². The van der Waals surface area contributed by atoms with Gasteiger partial charge in [0.25, 0.3) is 0 Å². The maximum atomic E-state index is 13.1. The van der Waals surface area contributed by atoms with E-state index in [9.17, 15) is 9.18 Å². The SMILES string of the molecule is O=C(c1cc(F)ccc1Br)C1CCCCS1. The molecule has 0 bridgehead atoms. The molecule has 1 saturated heterocycles. The zero-order chi connectivity index (χ0) is 11.5. The summed E-state index contributed by atoms with van der Waals surface area (Å²) < 4.78 is 13.8. The first-order chi connectivity index (χ1) is 7.68. The van der Waals surface area contributed by atoms with E-state index in [1.165, 1.54) is 18.6 Å². The van der Waals surface area contributed by atoms with Crippen molar-refractivity contribution in [1.82, 2.24) is 0 Å². The average Bonchev–Trinajstić information content (AvgIpc) is 2.32. The summed E-state index contributed by atoms with van der Waals surface area (Å²) in [6, 6.07) is 4.27. The summed E-state index contributed by atoms with van der Waals surface area (Å²) in [5, 5.41) is 0.00634. The summed E-state index contributed by atoms with van der Waals surface area (Å²) in [6.45, 7) is 0. The highest BCUT2D eigenvalue weighted by Crippen LogP contribution is 2.30. The Labute approximate surface area is 107 Å². The smallest absolute Gasteiger partial charge is 0.177 e. The predicted octanol–water partition coefficient (Wildman–Crippen LogP) is 4.06. The number of carbonyl (C=O) groups excluding carboxylic acids is 1. The molecule has 1 fully saturated rings. The Morgan fingerprint density at radius 3 is 2.94 bits per heavy atom. The third-order valence-corrected chi connectivity index (χ3v) is 4.73. The van der Waals surface area contributed by atoms with Crippen LogP contribution in [0.25, 0.3) is 0 Å². The Bertz CT molecular complexity index is 402. The first kappa shape index (κ1) is 12.1. The fourth-order valence-corrected chi connectivity index (χ4v) is 3.52. The molecule has 2 rings (SSSR count). The Morgan fingerprint density at radius 2 is 2.25 bits per heavy atom. The summed E-state index contributed by atoms with van der Waals surface area (Å²) in [4.78, 5) is 12.2. The summed E-state index contributed by atoms with van der Waals surface area (Å²) in [5.41, 5.74) is 0.472. The van der Waals surface area contributed by atoms with Crippen LogP contribution in [0.5, 0.6) is 0 Å². The quantitative estimate of drug-likeness (QED) is 0.767. The zero-order valence-electron chi connectivity index (χ0n) is 8.71. The Hall–Kier alpha value is -0.350. The molecule has 0 aliphatic carbocycles. The fraction of sp³-hybridized carbons (Fsp3) is 0.417. The fourth-order valence-electron chi connectivity index (χ4n) is 1.81. The summed E-state index contributed by atoms with van der Waals surface area (Å²) in [6.07, 6.45) is 3.18. The van der Waals surface area contributed by atoms with Crippen molar-refractivity contribution in [2.75, 3.05) is 5.75 Å². The third kappa shape index (κ3) is 2.66. The van der Waals surface area contributed by atoms with Gasteiger partial charge in [0.15, 0.2) is 5.78 Å². The van der Waals surface area contributed by atoms with Gasteiger partial charge in [-0.25, -0.2) is 4.39 Å². The van der Waals surface area contributed by atoms with Gasteiger partial charge in [0.05, 0.1) is 5.25 Å². The van der Waals surface area contributed by atoms with Crippen molar-refractivity contribution >= 4 is 33.5 Å². The molecule has 16 heavy (non-hydrogen) atoms. The number of hydrogen-bond acceptors (Lipinski definition) is 2. The lowest BCUT2D eigenvalue weighted by atomic mass is 10.0. The van der Waals surface area contributed by atoms with E-state index in [1.807, 2.05) is 0 Å². The van der Waals surface area contributed by atoms with Crippen LogP contribution in [0.4, 0.5) is 4.39 Å². The van der Waals surface area contributed by atoms with E-state index < -0.39 is 0 Å². The largest absolute Gasteiger partial charge is 0.293 e. The minimum atomic E-state index is -0.354. The second-order valence-electron chi connectivity index (χ2n) is 3.84. The van der Waals surface area contributed by atoms with Crippen LogP contribution in [0, 0.1) is 5.82 Å².